The molecule has 5 aliphatic heterocycles. The van der Waals surface area contributed by atoms with Crippen LogP contribution in [0.25, 0.3) is 22.6 Å². The number of rotatable bonds is 8. The van der Waals surface area contributed by atoms with E-state index in [2.05, 4.69) is 21.3 Å². The highest BCUT2D eigenvalue weighted by atomic mass is 35.5. The number of nitrogens with zero attached hydrogens (tertiary/aromatic N) is 7. The van der Waals surface area contributed by atoms with E-state index in [0.29, 0.717) is 18.4 Å². The summed E-state index contributed by atoms with van der Waals surface area (Å²) < 4.78 is 18.3. The quantitative estimate of drug-likeness (QED) is 0.185. The van der Waals surface area contributed by atoms with Crippen LogP contribution in [-0.4, -0.2) is 220 Å². The number of aryl methyl sites for hydroxylation is 1. The molecule has 1 aromatic rings. The number of hydrogen-bond donors (Lipinski definition) is 4. The van der Waals surface area contributed by atoms with Crippen molar-refractivity contribution in [2.24, 2.45) is 23.7 Å². The van der Waals surface area contributed by atoms with Crippen LogP contribution in [0.2, 0.25) is 5.02 Å². The molecule has 5 heterocycles. The number of carbonyl (C=O) groups is 12. The van der Waals surface area contributed by atoms with Crippen LogP contribution < -0.4 is 26.7 Å². The second-order valence-electron chi connectivity index (χ2n) is 25.4. The summed E-state index contributed by atoms with van der Waals surface area (Å²) in [5.74, 6) is -12.4. The number of ether oxygens (including phenoxy) is 2. The summed E-state index contributed by atoms with van der Waals surface area (Å²) in [5, 5.41) is 9.96. The van der Waals surface area contributed by atoms with Gasteiger partial charge in [0.2, 0.25) is 52.7 Å². The van der Waals surface area contributed by atoms with Crippen LogP contribution in [0.15, 0.2) is 21.3 Å². The Balaban J connectivity index is 1.32. The van der Waals surface area contributed by atoms with Crippen molar-refractivity contribution in [3.05, 3.63) is 49.6 Å². The van der Waals surface area contributed by atoms with Gasteiger partial charge in [0.1, 0.15) is 76.8 Å². The average Bonchev–Trinajstić information content (AvgIpc) is 0.893. The minimum absolute atomic E-state index is 0.0786. The van der Waals surface area contributed by atoms with Crippen LogP contribution in [0.3, 0.4) is 0 Å². The number of cyclic esters (lactones) is 2. The lowest BCUT2D eigenvalue weighted by Gasteiger charge is -2.36. The number of carbonyl (C=O) groups excluding carboxylic acids is 12. The molecule has 0 saturated carbocycles. The molecule has 90 heavy (non-hydrogen) atoms. The molecule has 28 heteroatoms. The molecule has 0 aromatic heterocycles. The highest BCUT2D eigenvalue weighted by Gasteiger charge is 2.46. The first-order valence-corrected chi connectivity index (χ1v) is 30.8. The van der Waals surface area contributed by atoms with E-state index in [4.69, 9.17) is 30.5 Å². The molecule has 0 bridgehead atoms. The van der Waals surface area contributed by atoms with Gasteiger partial charge in [-0.05, 0) is 88.7 Å². The number of esters is 2. The van der Waals surface area contributed by atoms with Crippen molar-refractivity contribution in [1.82, 2.24) is 55.7 Å². The zero-order valence-electron chi connectivity index (χ0n) is 53.9. The maximum Gasteiger partial charge on any atom is 0.329 e. The third kappa shape index (κ3) is 13.9. The molecule has 10 atom stereocenters. The number of hydrogen-bond acceptors (Lipinski definition) is 17. The van der Waals surface area contributed by atoms with Gasteiger partial charge in [-0.3, -0.25) is 52.7 Å². The number of aromatic nitrogens is 1. The van der Waals surface area contributed by atoms with E-state index in [1.807, 2.05) is 0 Å². The Morgan fingerprint density at radius 3 is 1.44 bits per heavy atom. The summed E-state index contributed by atoms with van der Waals surface area (Å²) in [6.07, 6.45) is -1.66. The van der Waals surface area contributed by atoms with E-state index < -0.39 is 190 Å². The maximum atomic E-state index is 15.2. The Morgan fingerprint density at radius 2 is 1.03 bits per heavy atom. The minimum atomic E-state index is -1.89. The lowest BCUT2D eigenvalue weighted by molar-refractivity contribution is -0.163. The molecular formula is C62H84ClN11O16. The van der Waals surface area contributed by atoms with Gasteiger partial charge in [0.25, 0.3) is 11.8 Å². The first-order valence-electron chi connectivity index (χ1n) is 30.4. The fourth-order valence-electron chi connectivity index (χ4n) is 12.2. The standard InChI is InChI=1S/C62H84ClN11O16/c1-27(2)42-59(84)73-23-17-19-36(73)57(82)69(13)25-38(75)71(15)48(29(5)6)61(86)88-33(11)44(55(80)65-42)67-53(78)35-22-21-31(9)51-46(35)64-47-40(41(63)50(77)32(10)52(47)90-51)54(79)68-45-34(12)89-62(87)49(30(7)8)72(16)39(76)26-70(14)58(83)37-20-18-24-74(37)60(85)43(28(3)4)66-56(45)81/h21-22,27-30,33-34,36-37,42-45,48-49H,17-20,23-26H2,1-16H3,(H,65,80)(H,66,81)(H,67,78)(H,68,79)/t33-,34-,36+,37+,42-,43-,44+,45+,48+,49+/m1/s1. The van der Waals surface area contributed by atoms with Crippen LogP contribution in [0.1, 0.15) is 127 Å². The zero-order valence-corrected chi connectivity index (χ0v) is 54.7. The molecule has 6 aliphatic rings. The maximum absolute atomic E-state index is 15.2. The largest absolute Gasteiger partial charge is 0.458 e. The van der Waals surface area contributed by atoms with Gasteiger partial charge >= 0.3 is 11.9 Å². The molecule has 0 unspecified atom stereocenters. The third-order valence-corrected chi connectivity index (χ3v) is 17.8. The fourth-order valence-corrected chi connectivity index (χ4v) is 12.5. The molecule has 490 valence electrons. The molecule has 27 nitrogen and oxygen atoms in total. The molecule has 4 N–H and O–H groups in total. The zero-order chi connectivity index (χ0) is 67.0. The highest BCUT2D eigenvalue weighted by Crippen LogP contribution is 2.36. The topological polar surface area (TPSA) is 334 Å². The van der Waals surface area contributed by atoms with Gasteiger partial charge in [-0.25, -0.2) is 14.6 Å². The second kappa shape index (κ2) is 27.9. The number of likely N-dealkylation sites (N-methyl/N-ethyl adjacent to an activating group) is 4. The van der Waals surface area contributed by atoms with Crippen LogP contribution in [0, 0.1) is 37.5 Å². The summed E-state index contributed by atoms with van der Waals surface area (Å²) in [5.41, 5.74) is -2.35. The van der Waals surface area contributed by atoms with Crippen LogP contribution in [0.5, 0.6) is 0 Å². The Morgan fingerprint density at radius 1 is 0.611 bits per heavy atom. The van der Waals surface area contributed by atoms with Crippen molar-refractivity contribution < 1.29 is 71.4 Å². The van der Waals surface area contributed by atoms with Gasteiger partial charge in [0, 0.05) is 46.8 Å². The summed E-state index contributed by atoms with van der Waals surface area (Å²) in [4.78, 5) is 199. The molecule has 10 amide bonds. The molecule has 1 aliphatic carbocycles. The third-order valence-electron chi connectivity index (χ3n) is 17.4. The first-order chi connectivity index (χ1) is 42.1. The average molecular weight is 1270 g/mol. The van der Waals surface area contributed by atoms with Crippen LogP contribution in [-0.2, 0) is 57.4 Å². The molecule has 0 spiro atoms. The monoisotopic (exact) mass is 1270 g/mol. The Labute approximate surface area is 527 Å². The van der Waals surface area contributed by atoms with Crippen LogP contribution >= 0.6 is 11.6 Å². The number of amides is 10. The van der Waals surface area contributed by atoms with Crippen molar-refractivity contribution in [1.29, 1.82) is 0 Å². The predicted octanol–water partition coefficient (Wildman–Crippen LogP) is 1.80. The van der Waals surface area contributed by atoms with E-state index in [-0.39, 0.29) is 53.9 Å². The summed E-state index contributed by atoms with van der Waals surface area (Å²) in [6, 6.07) is -7.91. The number of benzene rings is 2. The van der Waals surface area contributed by atoms with Gasteiger partial charge in [-0.15, -0.1) is 0 Å². The highest BCUT2D eigenvalue weighted by molar-refractivity contribution is 6.35. The summed E-state index contributed by atoms with van der Waals surface area (Å²) >= 11 is 6.85. The number of halogens is 1. The van der Waals surface area contributed by atoms with Crippen LogP contribution in [0.4, 0.5) is 0 Å². The molecule has 4 saturated heterocycles. The minimum Gasteiger partial charge on any atom is -0.458 e. The molecule has 7 rings (SSSR count). The van der Waals surface area contributed by atoms with Crippen molar-refractivity contribution in [2.45, 2.75) is 169 Å². The lowest BCUT2D eigenvalue weighted by Crippen LogP contribution is -2.61. The Kier molecular flexibility index (Phi) is 21.5. The van der Waals surface area contributed by atoms with Crippen molar-refractivity contribution in [3.63, 3.8) is 0 Å². The van der Waals surface area contributed by atoms with Crippen molar-refractivity contribution in [2.75, 3.05) is 54.4 Å². The van der Waals surface area contributed by atoms with Gasteiger partial charge in [-0.2, -0.15) is 0 Å². The van der Waals surface area contributed by atoms with Crippen molar-refractivity contribution in [3.8, 4) is 11.5 Å². The summed E-state index contributed by atoms with van der Waals surface area (Å²) in [7, 11) is 5.58. The number of fused-ring (bicyclic) bond motifs is 4. The van der Waals surface area contributed by atoms with Crippen molar-refractivity contribution >= 4 is 93.7 Å². The molecule has 4 fully saturated rings. The smallest absolute Gasteiger partial charge is 0.329 e. The fraction of sp³-hybridized carbons (Fsp3) is 0.613. The molecular weight excluding hydrogens is 1190 g/mol. The second-order valence-corrected chi connectivity index (χ2v) is 25.8. The van der Waals surface area contributed by atoms with E-state index in [1.54, 1.807) is 62.3 Å². The van der Waals surface area contributed by atoms with E-state index >= 15 is 9.59 Å². The normalized spacial score (nSPS) is 26.2. The van der Waals surface area contributed by atoms with E-state index in [0.717, 1.165) is 9.80 Å². The SMILES string of the molecule is Cc1c2oc3c(C)ccc(C(=O)N[C@@H]4C(=O)N[C@H](C(C)C)C(=O)N5CCC[C@H]5C(=O)N(C)CC(=O)N(C)[C@@H](C(C)C)C(=O)O[C@@H]4C)c3nc-2c(C(=O)N[C@@H]2C(=O)N[C@H](C(C)C)C(=O)N3CCC[C@H]3C(=O)N(C)CC(=O)N(C)[C@@H](C(C)C)C(=O)O[C@@H]2C)c(Cl)c1=O. The van der Waals surface area contributed by atoms with Gasteiger partial charge in [0.15, 0.2) is 11.3 Å². The van der Waals surface area contributed by atoms with Gasteiger partial charge in [0.05, 0.1) is 24.2 Å². The molecule has 1 aromatic carbocycles. The molecule has 0 radical (unpaired) electrons. The summed E-state index contributed by atoms with van der Waals surface area (Å²) in [6.45, 7) is 18.3. The van der Waals surface area contributed by atoms with E-state index in [1.165, 1.54) is 80.7 Å². The van der Waals surface area contributed by atoms with Gasteiger partial charge in [-0.1, -0.05) is 73.1 Å². The van der Waals surface area contributed by atoms with E-state index in [9.17, 15) is 52.7 Å². The lowest BCUT2D eigenvalue weighted by atomic mass is 9.99. The predicted molar refractivity (Wildman–Crippen MR) is 326 cm³/mol. The first kappa shape index (κ1) is 69.2. The van der Waals surface area contributed by atoms with Gasteiger partial charge < -0.3 is 64.6 Å². The Bertz CT molecular complexity index is 3420. The number of nitrogens with one attached hydrogen (secondary N) is 4. The Hall–Kier alpha value is -8.23.